The minimum Gasteiger partial charge on any atom is -0.248 e. The Morgan fingerprint density at radius 1 is 1.24 bits per heavy atom. The van der Waals surface area contributed by atoms with Crippen LogP contribution in [-0.2, 0) is 25.3 Å². The first kappa shape index (κ1) is 10.8. The van der Waals surface area contributed by atoms with Crippen LogP contribution in [0.4, 0.5) is 0 Å². The van der Waals surface area contributed by atoms with Crippen molar-refractivity contribution < 1.29 is 0 Å². The van der Waals surface area contributed by atoms with Crippen molar-refractivity contribution in [1.82, 2.24) is 15.0 Å². The van der Waals surface area contributed by atoms with E-state index in [1.165, 1.54) is 36.0 Å². The highest BCUT2D eigenvalue weighted by atomic mass is 35.5. The highest BCUT2D eigenvalue weighted by Crippen LogP contribution is 2.23. The molecule has 4 heteroatoms. The predicted molar refractivity (Wildman–Crippen MR) is 67.1 cm³/mol. The summed E-state index contributed by atoms with van der Waals surface area (Å²) in [5, 5.41) is 8.04. The number of nitrogens with zero attached hydrogens (tertiary/aromatic N) is 3. The topological polar surface area (TPSA) is 30.7 Å². The van der Waals surface area contributed by atoms with Crippen LogP contribution in [0, 0.1) is 0 Å². The molecule has 0 saturated carbocycles. The van der Waals surface area contributed by atoms with Crippen molar-refractivity contribution in [3.8, 4) is 0 Å². The molecule has 3 nitrogen and oxygen atoms in total. The summed E-state index contributed by atoms with van der Waals surface area (Å²) in [6.07, 6.45) is 5.64. The first-order chi connectivity index (χ1) is 8.35. The van der Waals surface area contributed by atoms with Gasteiger partial charge in [0.2, 0.25) is 0 Å². The van der Waals surface area contributed by atoms with Gasteiger partial charge in [0.15, 0.2) is 0 Å². The molecule has 0 atom stereocenters. The average Bonchev–Trinajstić information content (AvgIpc) is 2.96. The zero-order valence-corrected chi connectivity index (χ0v) is 10.3. The van der Waals surface area contributed by atoms with Gasteiger partial charge in [-0.05, 0) is 36.0 Å². The van der Waals surface area contributed by atoms with Gasteiger partial charge in [-0.15, -0.1) is 16.7 Å². The van der Waals surface area contributed by atoms with E-state index in [1.54, 1.807) is 0 Å². The van der Waals surface area contributed by atoms with Crippen molar-refractivity contribution in [2.45, 2.75) is 31.7 Å². The molecule has 1 aromatic heterocycles. The summed E-state index contributed by atoms with van der Waals surface area (Å²) in [5.74, 6) is 0.421. The number of aromatic nitrogens is 3. The lowest BCUT2D eigenvalue weighted by Crippen LogP contribution is -2.01. The number of aryl methyl sites for hydroxylation is 2. The van der Waals surface area contributed by atoms with Crippen LogP contribution >= 0.6 is 11.6 Å². The lowest BCUT2D eigenvalue weighted by atomic mass is 10.1. The number of halogens is 1. The third kappa shape index (κ3) is 2.20. The summed E-state index contributed by atoms with van der Waals surface area (Å²) in [5.41, 5.74) is 5.12. The molecule has 17 heavy (non-hydrogen) atoms. The van der Waals surface area contributed by atoms with Gasteiger partial charge >= 0.3 is 0 Å². The Morgan fingerprint density at radius 2 is 2.12 bits per heavy atom. The molecule has 1 heterocycles. The normalized spacial score (nSPS) is 13.9. The molecule has 0 aliphatic heterocycles. The molecule has 88 valence electrons. The summed E-state index contributed by atoms with van der Waals surface area (Å²) in [6.45, 7) is 0.775. The molecule has 0 saturated heterocycles. The maximum Gasteiger partial charge on any atom is 0.0974 e. The van der Waals surface area contributed by atoms with Gasteiger partial charge in [0.1, 0.15) is 0 Å². The number of fused-ring (bicyclic) bond motifs is 1. The Balaban J connectivity index is 1.80. The predicted octanol–water partition coefficient (Wildman–Crippen LogP) is 2.55. The van der Waals surface area contributed by atoms with Crippen LogP contribution < -0.4 is 0 Å². The highest BCUT2D eigenvalue weighted by Gasteiger charge is 2.11. The van der Waals surface area contributed by atoms with E-state index in [4.69, 9.17) is 11.6 Å². The Kier molecular flexibility index (Phi) is 2.85. The zero-order chi connectivity index (χ0) is 11.7. The van der Waals surface area contributed by atoms with Crippen LogP contribution in [0.15, 0.2) is 24.4 Å². The van der Waals surface area contributed by atoms with E-state index in [2.05, 4.69) is 28.5 Å². The van der Waals surface area contributed by atoms with E-state index in [-0.39, 0.29) is 0 Å². The van der Waals surface area contributed by atoms with Gasteiger partial charge in [-0.3, -0.25) is 0 Å². The molecule has 0 bridgehead atoms. The van der Waals surface area contributed by atoms with Crippen LogP contribution in [0.1, 0.15) is 28.8 Å². The van der Waals surface area contributed by atoms with E-state index in [0.717, 1.165) is 12.2 Å². The number of hydrogen-bond acceptors (Lipinski definition) is 2. The molecule has 1 aliphatic carbocycles. The smallest absolute Gasteiger partial charge is 0.0974 e. The Bertz CT molecular complexity index is 533. The van der Waals surface area contributed by atoms with Gasteiger partial charge in [-0.25, -0.2) is 4.68 Å². The number of benzene rings is 1. The van der Waals surface area contributed by atoms with E-state index in [0.29, 0.717) is 5.88 Å². The Hall–Kier alpha value is -1.35. The van der Waals surface area contributed by atoms with E-state index < -0.39 is 0 Å². The largest absolute Gasteiger partial charge is 0.248 e. The fourth-order valence-corrected chi connectivity index (χ4v) is 2.51. The van der Waals surface area contributed by atoms with Crippen molar-refractivity contribution in [2.24, 2.45) is 0 Å². The molecule has 0 amide bonds. The maximum absolute atomic E-state index is 5.70. The van der Waals surface area contributed by atoms with E-state index >= 15 is 0 Å². The van der Waals surface area contributed by atoms with Crippen molar-refractivity contribution in [3.05, 3.63) is 46.8 Å². The van der Waals surface area contributed by atoms with Crippen molar-refractivity contribution >= 4 is 11.6 Å². The summed E-state index contributed by atoms with van der Waals surface area (Å²) < 4.78 is 1.84. The molecular formula is C13H14ClN3. The number of hydrogen-bond donors (Lipinski definition) is 0. The van der Waals surface area contributed by atoms with Gasteiger partial charge < -0.3 is 0 Å². The second kappa shape index (κ2) is 4.49. The lowest BCUT2D eigenvalue weighted by Gasteiger charge is -2.04. The van der Waals surface area contributed by atoms with Crippen molar-refractivity contribution in [2.75, 3.05) is 0 Å². The quantitative estimate of drug-likeness (QED) is 0.781. The second-order valence-electron chi connectivity index (χ2n) is 4.50. The molecule has 1 aromatic carbocycles. The van der Waals surface area contributed by atoms with E-state index in [9.17, 15) is 0 Å². The number of alkyl halides is 1. The summed E-state index contributed by atoms with van der Waals surface area (Å²) >= 11 is 5.70. The molecule has 2 aromatic rings. The molecule has 0 unspecified atom stereocenters. The van der Waals surface area contributed by atoms with Gasteiger partial charge in [0, 0.05) is 0 Å². The minimum absolute atomic E-state index is 0.421. The average molecular weight is 248 g/mol. The van der Waals surface area contributed by atoms with Gasteiger partial charge in [0.25, 0.3) is 0 Å². The molecule has 1 aliphatic rings. The standard InChI is InChI=1S/C13H14ClN3/c14-7-13-9-17(16-15-13)8-10-4-5-11-2-1-3-12(11)6-10/h4-6,9H,1-3,7-8H2. The first-order valence-electron chi connectivity index (χ1n) is 5.91. The van der Waals surface area contributed by atoms with Crippen molar-refractivity contribution in [3.63, 3.8) is 0 Å². The van der Waals surface area contributed by atoms with Gasteiger partial charge in [-0.2, -0.15) is 0 Å². The first-order valence-corrected chi connectivity index (χ1v) is 6.44. The summed E-state index contributed by atoms with van der Waals surface area (Å²) in [7, 11) is 0. The molecular weight excluding hydrogens is 234 g/mol. The monoisotopic (exact) mass is 247 g/mol. The molecule has 0 radical (unpaired) electrons. The van der Waals surface area contributed by atoms with Gasteiger partial charge in [0.05, 0.1) is 24.3 Å². The fraction of sp³-hybridized carbons (Fsp3) is 0.385. The molecule has 3 rings (SSSR count). The highest BCUT2D eigenvalue weighted by molar-refractivity contribution is 6.16. The third-order valence-corrected chi connectivity index (χ3v) is 3.50. The fourth-order valence-electron chi connectivity index (χ4n) is 2.39. The van der Waals surface area contributed by atoms with Crippen LogP contribution in [0.3, 0.4) is 0 Å². The van der Waals surface area contributed by atoms with E-state index in [1.807, 2.05) is 10.9 Å². The maximum atomic E-state index is 5.70. The number of rotatable bonds is 3. The van der Waals surface area contributed by atoms with Crippen LogP contribution in [0.25, 0.3) is 0 Å². The zero-order valence-electron chi connectivity index (χ0n) is 9.56. The molecule has 0 fully saturated rings. The summed E-state index contributed by atoms with van der Waals surface area (Å²) in [4.78, 5) is 0. The van der Waals surface area contributed by atoms with Crippen molar-refractivity contribution in [1.29, 1.82) is 0 Å². The lowest BCUT2D eigenvalue weighted by molar-refractivity contribution is 0.649. The van der Waals surface area contributed by atoms with Crippen LogP contribution in [-0.4, -0.2) is 15.0 Å². The second-order valence-corrected chi connectivity index (χ2v) is 4.76. The minimum atomic E-state index is 0.421. The van der Waals surface area contributed by atoms with Crippen LogP contribution in [0.2, 0.25) is 0 Å². The summed E-state index contributed by atoms with van der Waals surface area (Å²) in [6, 6.07) is 6.73. The third-order valence-electron chi connectivity index (χ3n) is 3.23. The Morgan fingerprint density at radius 3 is 2.94 bits per heavy atom. The SMILES string of the molecule is ClCc1cn(Cc2ccc3c(c2)CCC3)nn1. The Labute approximate surface area is 105 Å². The molecule has 0 N–H and O–H groups in total. The molecule has 0 spiro atoms. The van der Waals surface area contributed by atoms with Crippen LogP contribution in [0.5, 0.6) is 0 Å². The van der Waals surface area contributed by atoms with Gasteiger partial charge in [-0.1, -0.05) is 23.4 Å².